The second-order valence-electron chi connectivity index (χ2n) is 5.06. The zero-order valence-electron chi connectivity index (χ0n) is 10.5. The highest BCUT2D eigenvalue weighted by atomic mass is 14.3. The molecule has 0 amide bonds. The average molecular weight is 214 g/mol. The van der Waals surface area contributed by atoms with Crippen LogP contribution < -0.4 is 0 Å². The number of benzene rings is 1. The molecule has 0 aliphatic heterocycles. The summed E-state index contributed by atoms with van der Waals surface area (Å²) in [5.41, 5.74) is 4.52. The Labute approximate surface area is 99.4 Å². The fourth-order valence-electron chi connectivity index (χ4n) is 2.23. The molecule has 0 heterocycles. The minimum atomic E-state index is 0.481. The van der Waals surface area contributed by atoms with E-state index in [1.54, 1.807) is 5.56 Å². The van der Waals surface area contributed by atoms with Crippen LogP contribution in [0.25, 0.3) is 0 Å². The van der Waals surface area contributed by atoms with Gasteiger partial charge in [-0.05, 0) is 47.8 Å². The van der Waals surface area contributed by atoms with Crippen molar-refractivity contribution >= 4 is 0 Å². The van der Waals surface area contributed by atoms with Gasteiger partial charge in [0.15, 0.2) is 0 Å². The molecule has 0 saturated heterocycles. The monoisotopic (exact) mass is 214 g/mol. The van der Waals surface area contributed by atoms with Crippen LogP contribution in [0.1, 0.15) is 61.6 Å². The smallest absolute Gasteiger partial charge is 0.00129 e. The van der Waals surface area contributed by atoms with Crippen LogP contribution in [0.5, 0.6) is 0 Å². The van der Waals surface area contributed by atoms with Crippen LogP contribution in [0.2, 0.25) is 0 Å². The second kappa shape index (κ2) is 4.86. The van der Waals surface area contributed by atoms with E-state index >= 15 is 0 Å². The molecule has 1 aromatic rings. The maximum Gasteiger partial charge on any atom is -0.00129 e. The number of rotatable bonds is 5. The van der Waals surface area contributed by atoms with Crippen molar-refractivity contribution in [2.45, 2.75) is 51.4 Å². The highest BCUT2D eigenvalue weighted by Crippen LogP contribution is 2.41. The van der Waals surface area contributed by atoms with Crippen molar-refractivity contribution < 1.29 is 0 Å². The molecule has 0 aromatic heterocycles. The van der Waals surface area contributed by atoms with Crippen LogP contribution >= 0.6 is 0 Å². The highest BCUT2D eigenvalue weighted by Gasteiger charge is 2.24. The van der Waals surface area contributed by atoms with Crippen molar-refractivity contribution in [3.63, 3.8) is 0 Å². The predicted molar refractivity (Wildman–Crippen MR) is 71.0 cm³/mol. The lowest BCUT2D eigenvalue weighted by Crippen LogP contribution is -1.95. The van der Waals surface area contributed by atoms with Gasteiger partial charge in [0.25, 0.3) is 0 Å². The fourth-order valence-corrected chi connectivity index (χ4v) is 2.23. The summed E-state index contributed by atoms with van der Waals surface area (Å²) in [5.74, 6) is 1.34. The van der Waals surface area contributed by atoms with E-state index < -0.39 is 0 Å². The first-order valence-electron chi connectivity index (χ1n) is 6.51. The fraction of sp³-hybridized carbons (Fsp3) is 0.500. The maximum absolute atomic E-state index is 3.90. The molecule has 86 valence electrons. The van der Waals surface area contributed by atoms with E-state index in [2.05, 4.69) is 38.6 Å². The summed E-state index contributed by atoms with van der Waals surface area (Å²) in [7, 11) is 0. The van der Waals surface area contributed by atoms with Crippen molar-refractivity contribution in [3.8, 4) is 0 Å². The van der Waals surface area contributed by atoms with Crippen LogP contribution in [0.4, 0.5) is 0 Å². The van der Waals surface area contributed by atoms with Gasteiger partial charge in [0.2, 0.25) is 0 Å². The summed E-state index contributed by atoms with van der Waals surface area (Å²) in [4.78, 5) is 0. The quantitative estimate of drug-likeness (QED) is 0.617. The van der Waals surface area contributed by atoms with Crippen LogP contribution in [0.3, 0.4) is 0 Å². The number of hydrogen-bond donors (Lipinski definition) is 0. The standard InChI is InChI=1S/C16H22/c1-4-6-13-9-15(12(3)5-2)11-16(10-13)14-7-8-14/h5,9-12,14H,2,4,6-8H2,1,3H3. The number of hydrogen-bond acceptors (Lipinski definition) is 0. The average Bonchev–Trinajstić information content (AvgIpc) is 3.12. The minimum Gasteiger partial charge on any atom is -0.102 e. The van der Waals surface area contributed by atoms with E-state index in [-0.39, 0.29) is 0 Å². The largest absolute Gasteiger partial charge is 0.102 e. The molecule has 1 aliphatic rings. The lowest BCUT2D eigenvalue weighted by atomic mass is 9.93. The summed E-state index contributed by atoms with van der Waals surface area (Å²) in [6.07, 6.45) is 7.25. The lowest BCUT2D eigenvalue weighted by molar-refractivity contribution is 0.897. The molecule has 0 spiro atoms. The van der Waals surface area contributed by atoms with Gasteiger partial charge in [0, 0.05) is 0 Å². The summed E-state index contributed by atoms with van der Waals surface area (Å²) in [5, 5.41) is 0. The van der Waals surface area contributed by atoms with E-state index in [0.717, 1.165) is 5.92 Å². The maximum atomic E-state index is 3.90. The molecule has 1 unspecified atom stereocenters. The zero-order chi connectivity index (χ0) is 11.5. The van der Waals surface area contributed by atoms with E-state index in [4.69, 9.17) is 0 Å². The summed E-state index contributed by atoms with van der Waals surface area (Å²) in [6, 6.07) is 7.17. The molecule has 0 radical (unpaired) electrons. The Morgan fingerprint density at radius 2 is 2.12 bits per heavy atom. The Hall–Kier alpha value is -1.04. The first-order chi connectivity index (χ1) is 7.74. The van der Waals surface area contributed by atoms with Gasteiger partial charge in [-0.2, -0.15) is 0 Å². The molecule has 1 atom stereocenters. The molecule has 0 bridgehead atoms. The summed E-state index contributed by atoms with van der Waals surface area (Å²) < 4.78 is 0. The molecule has 1 aliphatic carbocycles. The van der Waals surface area contributed by atoms with Crippen molar-refractivity contribution in [2.75, 3.05) is 0 Å². The summed E-state index contributed by atoms with van der Waals surface area (Å²) >= 11 is 0. The first kappa shape index (κ1) is 11.4. The van der Waals surface area contributed by atoms with Gasteiger partial charge in [0.1, 0.15) is 0 Å². The molecule has 0 N–H and O–H groups in total. The van der Waals surface area contributed by atoms with Crippen LogP contribution in [0.15, 0.2) is 30.9 Å². The molecular weight excluding hydrogens is 192 g/mol. The van der Waals surface area contributed by atoms with E-state index in [0.29, 0.717) is 5.92 Å². The van der Waals surface area contributed by atoms with E-state index in [9.17, 15) is 0 Å². The Kier molecular flexibility index (Phi) is 3.48. The van der Waals surface area contributed by atoms with Crippen LogP contribution in [-0.2, 0) is 6.42 Å². The van der Waals surface area contributed by atoms with Gasteiger partial charge in [-0.3, -0.25) is 0 Å². The Morgan fingerprint density at radius 3 is 2.69 bits per heavy atom. The minimum absolute atomic E-state index is 0.481. The van der Waals surface area contributed by atoms with Crippen LogP contribution in [0, 0.1) is 0 Å². The number of allylic oxidation sites excluding steroid dienone is 1. The molecular formula is C16H22. The second-order valence-corrected chi connectivity index (χ2v) is 5.06. The normalized spacial score (nSPS) is 17.1. The molecule has 2 rings (SSSR count). The van der Waals surface area contributed by atoms with Gasteiger partial charge in [-0.25, -0.2) is 0 Å². The topological polar surface area (TPSA) is 0 Å². The molecule has 1 saturated carbocycles. The van der Waals surface area contributed by atoms with Gasteiger partial charge in [0.05, 0.1) is 0 Å². The lowest BCUT2D eigenvalue weighted by Gasteiger charge is -2.12. The van der Waals surface area contributed by atoms with Gasteiger partial charge < -0.3 is 0 Å². The van der Waals surface area contributed by atoms with Crippen molar-refractivity contribution in [2.24, 2.45) is 0 Å². The molecule has 0 heteroatoms. The van der Waals surface area contributed by atoms with Crippen molar-refractivity contribution in [3.05, 3.63) is 47.5 Å². The predicted octanol–water partition coefficient (Wildman–Crippen LogP) is 4.81. The van der Waals surface area contributed by atoms with Crippen LogP contribution in [-0.4, -0.2) is 0 Å². The van der Waals surface area contributed by atoms with E-state index in [1.165, 1.54) is 36.8 Å². The van der Waals surface area contributed by atoms with E-state index in [1.807, 2.05) is 6.08 Å². The first-order valence-corrected chi connectivity index (χ1v) is 6.51. The molecule has 0 nitrogen and oxygen atoms in total. The molecule has 16 heavy (non-hydrogen) atoms. The third-order valence-corrected chi connectivity index (χ3v) is 3.50. The van der Waals surface area contributed by atoms with Crippen molar-refractivity contribution in [1.82, 2.24) is 0 Å². The third-order valence-electron chi connectivity index (χ3n) is 3.50. The molecule has 1 aromatic carbocycles. The Bertz CT molecular complexity index is 372. The van der Waals surface area contributed by atoms with Crippen molar-refractivity contribution in [1.29, 1.82) is 0 Å². The Balaban J connectivity index is 2.31. The Morgan fingerprint density at radius 1 is 1.38 bits per heavy atom. The van der Waals surface area contributed by atoms with Gasteiger partial charge in [-0.1, -0.05) is 44.5 Å². The van der Waals surface area contributed by atoms with Gasteiger partial charge >= 0.3 is 0 Å². The zero-order valence-corrected chi connectivity index (χ0v) is 10.5. The highest BCUT2D eigenvalue weighted by molar-refractivity contribution is 5.37. The van der Waals surface area contributed by atoms with Gasteiger partial charge in [-0.15, -0.1) is 6.58 Å². The SMILES string of the molecule is C=CC(C)c1cc(CCC)cc(C2CC2)c1. The number of aryl methyl sites for hydroxylation is 1. The molecule has 1 fully saturated rings. The summed E-state index contributed by atoms with van der Waals surface area (Å²) in [6.45, 7) is 8.38. The third kappa shape index (κ3) is 2.55.